The van der Waals surface area contributed by atoms with E-state index >= 15 is 0 Å². The number of H-pyrrole nitrogens is 1. The third kappa shape index (κ3) is 5.24. The van der Waals surface area contributed by atoms with Gasteiger partial charge >= 0.3 is 0 Å². The summed E-state index contributed by atoms with van der Waals surface area (Å²) in [4.78, 5) is 31.5. The number of nitrogens with one attached hydrogen (secondary N) is 1. The van der Waals surface area contributed by atoms with Crippen LogP contribution in [0.25, 0.3) is 32.9 Å². The molecule has 0 spiro atoms. The third-order valence-electron chi connectivity index (χ3n) is 9.30. The molecule has 230 valence electrons. The molecule has 44 heavy (non-hydrogen) atoms. The van der Waals surface area contributed by atoms with Crippen LogP contribution in [0.4, 0.5) is 11.8 Å². The molecule has 1 amide bonds. The number of amides is 1. The minimum absolute atomic E-state index is 0.0433. The van der Waals surface area contributed by atoms with Crippen LogP contribution in [-0.2, 0) is 4.79 Å². The fourth-order valence-electron chi connectivity index (χ4n) is 6.57. The molecule has 11 heteroatoms. The van der Waals surface area contributed by atoms with Gasteiger partial charge in [-0.05, 0) is 70.5 Å². The number of benzene rings is 2. The minimum atomic E-state index is -0.0433. The molecule has 4 aromatic rings. The van der Waals surface area contributed by atoms with Gasteiger partial charge in [0.05, 0.1) is 22.8 Å². The fourth-order valence-corrected chi connectivity index (χ4v) is 6.86. The smallest absolute Gasteiger partial charge is 0.246 e. The van der Waals surface area contributed by atoms with E-state index in [9.17, 15) is 4.79 Å². The first-order valence-electron chi connectivity index (χ1n) is 15.5. The summed E-state index contributed by atoms with van der Waals surface area (Å²) in [5.74, 6) is 2.21. The molecule has 2 aromatic carbocycles. The first-order valence-corrected chi connectivity index (χ1v) is 15.9. The summed E-state index contributed by atoms with van der Waals surface area (Å²) in [5, 5.41) is 9.89. The van der Waals surface area contributed by atoms with Gasteiger partial charge in [0, 0.05) is 67.2 Å². The second-order valence-electron chi connectivity index (χ2n) is 12.4. The van der Waals surface area contributed by atoms with Gasteiger partial charge in [-0.15, -0.1) is 0 Å². The molecule has 2 aromatic heterocycles. The average Bonchev–Trinajstić information content (AvgIpc) is 3.73. The van der Waals surface area contributed by atoms with E-state index < -0.39 is 0 Å². The Labute approximate surface area is 262 Å². The van der Waals surface area contributed by atoms with Crippen molar-refractivity contribution in [2.75, 3.05) is 63.2 Å². The summed E-state index contributed by atoms with van der Waals surface area (Å²) >= 11 is 7.25. The van der Waals surface area contributed by atoms with Gasteiger partial charge in [-0.25, -0.2) is 4.98 Å². The quantitative estimate of drug-likeness (QED) is 0.290. The Morgan fingerprint density at radius 1 is 1.02 bits per heavy atom. The SMILES string of the molecule is C=CC(=O)N1CCN(c2nc(N3CCC(N(C)C)CC3)nc3c(OC4CC4)c(-c4c(C)ccc5[nH]ncc45)c(Cl)cc23)CC1. The number of aryl methyl sites for hydroxylation is 1. The van der Waals surface area contributed by atoms with Crippen molar-refractivity contribution in [3.8, 4) is 16.9 Å². The highest BCUT2D eigenvalue weighted by molar-refractivity contribution is 6.35. The maximum absolute atomic E-state index is 12.3. The van der Waals surface area contributed by atoms with Crippen LogP contribution in [0.15, 0.2) is 37.1 Å². The number of aromatic amines is 1. The number of anilines is 2. The maximum Gasteiger partial charge on any atom is 0.246 e. The van der Waals surface area contributed by atoms with Gasteiger partial charge < -0.3 is 24.3 Å². The van der Waals surface area contributed by atoms with Gasteiger partial charge in [0.1, 0.15) is 11.3 Å². The van der Waals surface area contributed by atoms with Gasteiger partial charge in [0.2, 0.25) is 11.9 Å². The number of aromatic nitrogens is 4. The maximum atomic E-state index is 12.3. The number of hydrogen-bond donors (Lipinski definition) is 1. The Morgan fingerprint density at radius 3 is 2.45 bits per heavy atom. The van der Waals surface area contributed by atoms with Crippen LogP contribution in [-0.4, -0.2) is 101 Å². The van der Waals surface area contributed by atoms with E-state index in [-0.39, 0.29) is 12.0 Å². The summed E-state index contributed by atoms with van der Waals surface area (Å²) in [6, 6.07) is 6.68. The molecule has 2 saturated heterocycles. The molecule has 10 nitrogen and oxygen atoms in total. The normalized spacial score (nSPS) is 18.1. The van der Waals surface area contributed by atoms with E-state index in [1.165, 1.54) is 6.08 Å². The van der Waals surface area contributed by atoms with E-state index in [1.54, 1.807) is 0 Å². The molecule has 3 fully saturated rings. The number of piperazine rings is 1. The standard InChI is InChI=1S/C33H39ClN8O2/c1-5-27(43)40-14-16-41(17-15-40)32-23-18-25(34)29(28-20(2)6-9-26-24(28)19-35-38-26)31(44-22-7-8-22)30(23)36-33(37-32)42-12-10-21(11-13-42)39(3)4/h5-6,9,18-19,21-22H,1,7-8,10-17H2,2-4H3,(H,35,38). The van der Waals surface area contributed by atoms with Crippen molar-refractivity contribution in [3.63, 3.8) is 0 Å². The molecule has 0 bridgehead atoms. The summed E-state index contributed by atoms with van der Waals surface area (Å²) in [7, 11) is 4.30. The highest BCUT2D eigenvalue weighted by Crippen LogP contribution is 2.49. The van der Waals surface area contributed by atoms with E-state index in [4.69, 9.17) is 26.3 Å². The van der Waals surface area contributed by atoms with Crippen molar-refractivity contribution in [2.24, 2.45) is 0 Å². The number of piperidine rings is 1. The van der Waals surface area contributed by atoms with Crippen LogP contribution in [0, 0.1) is 6.92 Å². The molecule has 2 aliphatic heterocycles. The van der Waals surface area contributed by atoms with Crippen molar-refractivity contribution in [1.82, 2.24) is 30.0 Å². The lowest BCUT2D eigenvalue weighted by molar-refractivity contribution is -0.126. The Hall–Kier alpha value is -3.89. The lowest BCUT2D eigenvalue weighted by Gasteiger charge is -2.37. The van der Waals surface area contributed by atoms with E-state index in [0.717, 1.165) is 83.1 Å². The van der Waals surface area contributed by atoms with Crippen LogP contribution in [0.5, 0.6) is 5.75 Å². The molecule has 1 saturated carbocycles. The number of rotatable bonds is 7. The minimum Gasteiger partial charge on any atom is -0.487 e. The van der Waals surface area contributed by atoms with Crippen molar-refractivity contribution < 1.29 is 9.53 Å². The zero-order valence-corrected chi connectivity index (χ0v) is 26.4. The average molecular weight is 615 g/mol. The molecule has 1 aliphatic carbocycles. The van der Waals surface area contributed by atoms with Crippen molar-refractivity contribution in [1.29, 1.82) is 0 Å². The van der Waals surface area contributed by atoms with Gasteiger partial charge in [-0.2, -0.15) is 10.1 Å². The number of ether oxygens (including phenoxy) is 1. The lowest BCUT2D eigenvalue weighted by Crippen LogP contribution is -2.48. The third-order valence-corrected chi connectivity index (χ3v) is 9.60. The van der Waals surface area contributed by atoms with Crippen LogP contribution in [0.2, 0.25) is 5.02 Å². The topological polar surface area (TPSA) is 93.7 Å². The predicted octanol–water partition coefficient (Wildman–Crippen LogP) is 5.04. The highest BCUT2D eigenvalue weighted by Gasteiger charge is 2.32. The largest absolute Gasteiger partial charge is 0.487 e. The van der Waals surface area contributed by atoms with E-state index in [0.29, 0.717) is 48.9 Å². The molecular formula is C33H39ClN8O2. The molecule has 7 rings (SSSR count). The molecule has 0 atom stereocenters. The molecule has 3 aliphatic rings. The van der Waals surface area contributed by atoms with Gasteiger partial charge in [0.25, 0.3) is 0 Å². The summed E-state index contributed by atoms with van der Waals surface area (Å²) in [6.45, 7) is 10.0. The first kappa shape index (κ1) is 28.9. The zero-order chi connectivity index (χ0) is 30.5. The molecular weight excluding hydrogens is 576 g/mol. The number of nitrogens with zero attached hydrogens (tertiary/aromatic N) is 7. The van der Waals surface area contributed by atoms with Crippen molar-refractivity contribution in [3.05, 3.63) is 47.6 Å². The number of halogens is 1. The second-order valence-corrected chi connectivity index (χ2v) is 12.8. The summed E-state index contributed by atoms with van der Waals surface area (Å²) in [6.07, 6.45) is 7.47. The van der Waals surface area contributed by atoms with E-state index in [1.807, 2.05) is 23.2 Å². The molecule has 1 N–H and O–H groups in total. The Balaban J connectivity index is 1.41. The Kier molecular flexibility index (Phi) is 7.58. The highest BCUT2D eigenvalue weighted by atomic mass is 35.5. The molecule has 0 radical (unpaired) electrons. The van der Waals surface area contributed by atoms with Crippen LogP contribution in [0.3, 0.4) is 0 Å². The van der Waals surface area contributed by atoms with Crippen molar-refractivity contribution in [2.45, 2.75) is 44.8 Å². The van der Waals surface area contributed by atoms with Gasteiger partial charge in [-0.1, -0.05) is 24.2 Å². The summed E-state index contributed by atoms with van der Waals surface area (Å²) in [5.41, 5.74) is 4.65. The van der Waals surface area contributed by atoms with Crippen LogP contribution >= 0.6 is 11.6 Å². The molecule has 0 unspecified atom stereocenters. The van der Waals surface area contributed by atoms with Crippen molar-refractivity contribution >= 4 is 51.1 Å². The fraction of sp³-hybridized carbons (Fsp3) is 0.455. The first-order chi connectivity index (χ1) is 21.3. The second kappa shape index (κ2) is 11.6. The van der Waals surface area contributed by atoms with E-state index in [2.05, 4.69) is 58.6 Å². The number of hydrogen-bond acceptors (Lipinski definition) is 8. The predicted molar refractivity (Wildman–Crippen MR) is 176 cm³/mol. The zero-order valence-electron chi connectivity index (χ0n) is 25.6. The molecule has 4 heterocycles. The van der Waals surface area contributed by atoms with Crippen LogP contribution in [0.1, 0.15) is 31.2 Å². The van der Waals surface area contributed by atoms with Gasteiger partial charge in [-0.3, -0.25) is 9.89 Å². The number of fused-ring (bicyclic) bond motifs is 2. The lowest BCUT2D eigenvalue weighted by atomic mass is 9.94. The summed E-state index contributed by atoms with van der Waals surface area (Å²) < 4.78 is 6.77. The number of carbonyl (C=O) groups is 1. The van der Waals surface area contributed by atoms with Gasteiger partial charge in [0.15, 0.2) is 5.75 Å². The number of carbonyl (C=O) groups excluding carboxylic acids is 1. The Bertz CT molecular complexity index is 1730. The van der Waals surface area contributed by atoms with Crippen LogP contribution < -0.4 is 14.5 Å². The Morgan fingerprint density at radius 2 is 1.77 bits per heavy atom. The monoisotopic (exact) mass is 614 g/mol.